The zero-order valence-electron chi connectivity index (χ0n) is 17.5. The first-order valence-corrected chi connectivity index (χ1v) is 9.86. The number of hydrogen-bond donors (Lipinski definition) is 1. The van der Waals surface area contributed by atoms with E-state index in [4.69, 9.17) is 9.47 Å². The summed E-state index contributed by atoms with van der Waals surface area (Å²) in [7, 11) is 0. The molecule has 0 aliphatic heterocycles. The van der Waals surface area contributed by atoms with E-state index in [0.29, 0.717) is 30.0 Å². The molecule has 2 rings (SSSR count). The molecule has 0 heterocycles. The standard InChI is InChI=1S/C24H26N2O4/c1-4-13-29-22-11-5-18(6-12-22)14-20(15-25)23(27)26-21-9-7-19(8-10-21)24(28)30-16-17(2)3/h5-12,14,17H,4,13,16H2,1-3H3,(H,26,27)/b20-14+. The highest BCUT2D eigenvalue weighted by atomic mass is 16.5. The maximum Gasteiger partial charge on any atom is 0.338 e. The van der Waals surface area contributed by atoms with Crippen molar-refractivity contribution >= 4 is 23.6 Å². The third kappa shape index (κ3) is 7.10. The Bertz CT molecular complexity index is 923. The van der Waals surface area contributed by atoms with Crippen molar-refractivity contribution in [3.63, 3.8) is 0 Å². The van der Waals surface area contributed by atoms with Gasteiger partial charge in [0.25, 0.3) is 5.91 Å². The van der Waals surface area contributed by atoms with Crippen LogP contribution in [-0.4, -0.2) is 25.1 Å². The second-order valence-corrected chi connectivity index (χ2v) is 7.11. The molecule has 2 aromatic carbocycles. The lowest BCUT2D eigenvalue weighted by atomic mass is 10.1. The number of nitrogens with zero attached hydrogens (tertiary/aromatic N) is 1. The van der Waals surface area contributed by atoms with Crippen molar-refractivity contribution in [1.82, 2.24) is 0 Å². The van der Waals surface area contributed by atoms with Crippen LogP contribution in [0.25, 0.3) is 6.08 Å². The van der Waals surface area contributed by atoms with Crippen molar-refractivity contribution in [2.24, 2.45) is 5.92 Å². The summed E-state index contributed by atoms with van der Waals surface area (Å²) in [6, 6.07) is 15.4. The van der Waals surface area contributed by atoms with Crippen LogP contribution in [0.2, 0.25) is 0 Å². The number of benzene rings is 2. The predicted octanol–water partition coefficient (Wildman–Crippen LogP) is 4.83. The number of carbonyl (C=O) groups is 2. The molecule has 0 fully saturated rings. The lowest BCUT2D eigenvalue weighted by molar-refractivity contribution is -0.112. The monoisotopic (exact) mass is 406 g/mol. The van der Waals surface area contributed by atoms with Crippen molar-refractivity contribution in [3.05, 3.63) is 65.2 Å². The average molecular weight is 406 g/mol. The van der Waals surface area contributed by atoms with E-state index in [0.717, 1.165) is 12.2 Å². The molecule has 6 heteroatoms. The number of hydrogen-bond acceptors (Lipinski definition) is 5. The van der Waals surface area contributed by atoms with E-state index < -0.39 is 11.9 Å². The Kier molecular flexibility index (Phi) is 8.64. The summed E-state index contributed by atoms with van der Waals surface area (Å²) in [5.41, 5.74) is 1.56. The van der Waals surface area contributed by atoms with Crippen LogP contribution in [0.4, 0.5) is 5.69 Å². The molecule has 0 aromatic heterocycles. The first-order valence-electron chi connectivity index (χ1n) is 9.86. The number of anilines is 1. The Balaban J connectivity index is 2.01. The Morgan fingerprint density at radius 2 is 1.77 bits per heavy atom. The molecule has 30 heavy (non-hydrogen) atoms. The third-order valence-electron chi connectivity index (χ3n) is 3.96. The van der Waals surface area contributed by atoms with Gasteiger partial charge >= 0.3 is 5.97 Å². The molecule has 0 atom stereocenters. The maximum absolute atomic E-state index is 12.4. The molecule has 1 N–H and O–H groups in total. The Morgan fingerprint density at radius 1 is 1.10 bits per heavy atom. The summed E-state index contributed by atoms with van der Waals surface area (Å²) >= 11 is 0. The van der Waals surface area contributed by atoms with Crippen LogP contribution in [0, 0.1) is 17.2 Å². The molecule has 156 valence electrons. The number of esters is 1. The topological polar surface area (TPSA) is 88.4 Å². The van der Waals surface area contributed by atoms with Gasteiger partial charge in [-0.25, -0.2) is 4.79 Å². The number of nitriles is 1. The molecule has 0 unspecified atom stereocenters. The minimum Gasteiger partial charge on any atom is -0.494 e. The smallest absolute Gasteiger partial charge is 0.338 e. The lowest BCUT2D eigenvalue weighted by Gasteiger charge is -2.08. The number of rotatable bonds is 9. The molecule has 0 saturated heterocycles. The van der Waals surface area contributed by atoms with Gasteiger partial charge in [-0.3, -0.25) is 4.79 Å². The van der Waals surface area contributed by atoms with Gasteiger partial charge in [-0.2, -0.15) is 5.26 Å². The average Bonchev–Trinajstić information content (AvgIpc) is 2.75. The van der Waals surface area contributed by atoms with Gasteiger partial charge in [0.15, 0.2) is 0 Å². The van der Waals surface area contributed by atoms with Crippen molar-refractivity contribution in [2.45, 2.75) is 27.2 Å². The highest BCUT2D eigenvalue weighted by Gasteiger charge is 2.12. The van der Waals surface area contributed by atoms with Gasteiger partial charge in [-0.05, 0) is 60.4 Å². The highest BCUT2D eigenvalue weighted by Crippen LogP contribution is 2.16. The van der Waals surface area contributed by atoms with Crippen LogP contribution in [0.1, 0.15) is 43.1 Å². The largest absolute Gasteiger partial charge is 0.494 e. The summed E-state index contributed by atoms with van der Waals surface area (Å²) in [6.07, 6.45) is 2.43. The molecule has 0 saturated carbocycles. The number of ether oxygens (including phenoxy) is 2. The van der Waals surface area contributed by atoms with Gasteiger partial charge in [0, 0.05) is 5.69 Å². The minimum absolute atomic E-state index is 0.0300. The van der Waals surface area contributed by atoms with Crippen LogP contribution < -0.4 is 10.1 Å². The first-order chi connectivity index (χ1) is 14.4. The normalized spacial score (nSPS) is 11.0. The summed E-state index contributed by atoms with van der Waals surface area (Å²) < 4.78 is 10.7. The molecular weight excluding hydrogens is 380 g/mol. The first kappa shape index (κ1) is 22.7. The third-order valence-corrected chi connectivity index (χ3v) is 3.96. The molecule has 0 spiro atoms. The zero-order valence-corrected chi connectivity index (χ0v) is 17.5. The van der Waals surface area contributed by atoms with Crippen LogP contribution in [-0.2, 0) is 9.53 Å². The fourth-order valence-electron chi connectivity index (χ4n) is 2.41. The second kappa shape index (κ2) is 11.4. The van der Waals surface area contributed by atoms with Crippen molar-refractivity contribution in [2.75, 3.05) is 18.5 Å². The highest BCUT2D eigenvalue weighted by molar-refractivity contribution is 6.09. The molecule has 0 aliphatic carbocycles. The van der Waals surface area contributed by atoms with Crippen LogP contribution in [0.3, 0.4) is 0 Å². The molecule has 0 bridgehead atoms. The Hall–Kier alpha value is -3.59. The van der Waals surface area contributed by atoms with Crippen molar-refractivity contribution in [1.29, 1.82) is 5.26 Å². The molecule has 0 radical (unpaired) electrons. The summed E-state index contributed by atoms with van der Waals surface area (Å²) in [5, 5.41) is 12.0. The predicted molar refractivity (Wildman–Crippen MR) is 116 cm³/mol. The summed E-state index contributed by atoms with van der Waals surface area (Å²) in [5.74, 6) is 0.0530. The number of carbonyl (C=O) groups excluding carboxylic acids is 2. The lowest BCUT2D eigenvalue weighted by Crippen LogP contribution is -2.14. The Morgan fingerprint density at radius 3 is 2.33 bits per heavy atom. The van der Waals surface area contributed by atoms with E-state index in [1.807, 2.05) is 26.8 Å². The van der Waals surface area contributed by atoms with Gasteiger partial charge in [0.2, 0.25) is 0 Å². The van der Waals surface area contributed by atoms with Crippen LogP contribution in [0.15, 0.2) is 54.1 Å². The van der Waals surface area contributed by atoms with Crippen LogP contribution in [0.5, 0.6) is 5.75 Å². The van der Waals surface area contributed by atoms with Crippen molar-refractivity contribution in [3.8, 4) is 11.8 Å². The molecule has 0 aliphatic rings. The zero-order chi connectivity index (χ0) is 21.9. The summed E-state index contributed by atoms with van der Waals surface area (Å²) in [6.45, 7) is 6.93. The quantitative estimate of drug-likeness (QED) is 0.366. The number of amides is 1. The fraction of sp³-hybridized carbons (Fsp3) is 0.292. The maximum atomic E-state index is 12.4. The minimum atomic E-state index is -0.529. The van der Waals surface area contributed by atoms with E-state index in [1.165, 1.54) is 6.08 Å². The van der Waals surface area contributed by atoms with Gasteiger partial charge in [0.05, 0.1) is 18.8 Å². The molecule has 2 aromatic rings. The van der Waals surface area contributed by atoms with E-state index in [-0.39, 0.29) is 11.5 Å². The fourth-order valence-corrected chi connectivity index (χ4v) is 2.41. The molecular formula is C24H26N2O4. The van der Waals surface area contributed by atoms with E-state index >= 15 is 0 Å². The van der Waals surface area contributed by atoms with E-state index in [2.05, 4.69) is 5.32 Å². The summed E-state index contributed by atoms with van der Waals surface area (Å²) in [4.78, 5) is 24.4. The van der Waals surface area contributed by atoms with Gasteiger partial charge in [-0.15, -0.1) is 0 Å². The molecule has 6 nitrogen and oxygen atoms in total. The van der Waals surface area contributed by atoms with Gasteiger partial charge < -0.3 is 14.8 Å². The van der Waals surface area contributed by atoms with E-state index in [1.54, 1.807) is 48.5 Å². The van der Waals surface area contributed by atoms with Gasteiger partial charge in [-0.1, -0.05) is 32.9 Å². The Labute approximate surface area is 177 Å². The van der Waals surface area contributed by atoms with E-state index in [9.17, 15) is 14.9 Å². The van der Waals surface area contributed by atoms with Crippen LogP contribution >= 0.6 is 0 Å². The molecule has 1 amide bonds. The van der Waals surface area contributed by atoms with Crippen molar-refractivity contribution < 1.29 is 19.1 Å². The SMILES string of the molecule is CCCOc1ccc(/C=C(\C#N)C(=O)Nc2ccc(C(=O)OCC(C)C)cc2)cc1. The second-order valence-electron chi connectivity index (χ2n) is 7.11. The van der Waals surface area contributed by atoms with Gasteiger partial charge in [0.1, 0.15) is 17.4 Å². The number of nitrogens with one attached hydrogen (secondary N) is 1.